The third-order valence-electron chi connectivity index (χ3n) is 5.43. The van der Waals surface area contributed by atoms with Gasteiger partial charge in [-0.1, -0.05) is 56.3 Å². The summed E-state index contributed by atoms with van der Waals surface area (Å²) < 4.78 is 34.8. The van der Waals surface area contributed by atoms with Gasteiger partial charge in [0.1, 0.15) is 23.6 Å². The van der Waals surface area contributed by atoms with Crippen LogP contribution < -0.4 is 0 Å². The topological polar surface area (TPSA) is 69.6 Å². The van der Waals surface area contributed by atoms with Gasteiger partial charge in [0.25, 0.3) is 0 Å². The van der Waals surface area contributed by atoms with Crippen LogP contribution in [0, 0.1) is 11.6 Å². The van der Waals surface area contributed by atoms with Gasteiger partial charge in [0.05, 0.1) is 18.0 Å². The molecule has 0 amide bonds. The minimum atomic E-state index is -0.974. The second-order valence-corrected chi connectivity index (χ2v) is 8.90. The summed E-state index contributed by atoms with van der Waals surface area (Å²) in [6.07, 6.45) is 3.22. The molecule has 2 aromatic carbocycles. The molecule has 6 nitrogen and oxygen atoms in total. The number of aromatic nitrogens is 5. The molecular formula is C25H21F2N5O. The first-order valence-corrected chi connectivity index (χ1v) is 10.5. The van der Waals surface area contributed by atoms with Gasteiger partial charge in [-0.25, -0.2) is 18.7 Å². The molecule has 3 heterocycles. The first-order chi connectivity index (χ1) is 15.8. The molecule has 0 saturated heterocycles. The van der Waals surface area contributed by atoms with Gasteiger partial charge >= 0.3 is 0 Å². The molecule has 0 atom stereocenters. The fourth-order valence-corrected chi connectivity index (χ4v) is 3.57. The fraction of sp³-hybridized carbons (Fsp3) is 0.200. The zero-order valence-electron chi connectivity index (χ0n) is 18.4. The Morgan fingerprint density at radius 3 is 2.45 bits per heavy atom. The Hall–Kier alpha value is -3.94. The van der Waals surface area contributed by atoms with Gasteiger partial charge < -0.3 is 4.52 Å². The minimum Gasteiger partial charge on any atom is -0.359 e. The molecule has 1 aromatic heterocycles. The molecule has 0 fully saturated rings. The first kappa shape index (κ1) is 20.9. The van der Waals surface area contributed by atoms with E-state index < -0.39 is 11.6 Å². The fourth-order valence-electron chi connectivity index (χ4n) is 3.57. The summed E-state index contributed by atoms with van der Waals surface area (Å²) in [5.41, 5.74) is 4.05. The average molecular weight is 445 g/mol. The summed E-state index contributed by atoms with van der Waals surface area (Å²) in [6.45, 7) is 6.85. The van der Waals surface area contributed by atoms with E-state index in [-0.39, 0.29) is 16.8 Å². The SMILES string of the molecule is CC(C)(C)c1ccc(-c2cc(Cn3cc4nc(-c5cccc(F)c5F)nc-4cn3)on2)cc1. The normalized spacial score (nSPS) is 11.9. The Bertz CT molecular complexity index is 1400. The standard InChI is InChI=1S/C25H21F2N5O/c1-25(2,3)16-9-7-15(8-10-16)20-11-17(33-31-20)13-32-14-22-21(12-28-32)29-24(30-22)18-5-4-6-19(26)23(18)27/h4-12,14H,13H2,1-3H3. The summed E-state index contributed by atoms with van der Waals surface area (Å²) in [6, 6.07) is 14.1. The zero-order valence-corrected chi connectivity index (χ0v) is 18.4. The van der Waals surface area contributed by atoms with Gasteiger partial charge in [-0.05, 0) is 23.1 Å². The molecule has 0 aliphatic carbocycles. The molecule has 0 bridgehead atoms. The van der Waals surface area contributed by atoms with Crippen LogP contribution >= 0.6 is 0 Å². The first-order valence-electron chi connectivity index (χ1n) is 10.5. The van der Waals surface area contributed by atoms with Crippen molar-refractivity contribution in [1.82, 2.24) is 24.9 Å². The molecule has 0 radical (unpaired) electrons. The highest BCUT2D eigenvalue weighted by Crippen LogP contribution is 2.28. The summed E-state index contributed by atoms with van der Waals surface area (Å²) >= 11 is 0. The van der Waals surface area contributed by atoms with Crippen molar-refractivity contribution in [3.05, 3.63) is 83.9 Å². The van der Waals surface area contributed by atoms with Crippen LogP contribution in [0.15, 0.2) is 65.4 Å². The number of fused-ring (bicyclic) bond motifs is 1. The molecule has 0 unspecified atom stereocenters. The van der Waals surface area contributed by atoms with Gasteiger partial charge in [0.2, 0.25) is 0 Å². The highest BCUT2D eigenvalue weighted by atomic mass is 19.2. The number of nitrogens with zero attached hydrogens (tertiary/aromatic N) is 5. The van der Waals surface area contributed by atoms with Crippen LogP contribution in [0.3, 0.4) is 0 Å². The van der Waals surface area contributed by atoms with E-state index in [1.165, 1.54) is 23.9 Å². The minimum absolute atomic E-state index is 0.00936. The zero-order chi connectivity index (χ0) is 23.2. The van der Waals surface area contributed by atoms with Crippen LogP contribution in [0.1, 0.15) is 32.1 Å². The summed E-state index contributed by atoms with van der Waals surface area (Å²) in [5, 5.41) is 8.51. The molecule has 0 spiro atoms. The van der Waals surface area contributed by atoms with Crippen LogP contribution in [-0.2, 0) is 12.0 Å². The molecule has 8 heteroatoms. The van der Waals surface area contributed by atoms with E-state index in [0.29, 0.717) is 23.7 Å². The summed E-state index contributed by atoms with van der Waals surface area (Å²) in [7, 11) is 0. The highest BCUT2D eigenvalue weighted by molar-refractivity contribution is 5.65. The van der Waals surface area contributed by atoms with Gasteiger partial charge in [0.15, 0.2) is 23.2 Å². The Morgan fingerprint density at radius 2 is 1.70 bits per heavy atom. The van der Waals surface area contributed by atoms with Gasteiger partial charge in [-0.2, -0.15) is 5.10 Å². The number of imidazole rings is 1. The number of hydrogen-bond donors (Lipinski definition) is 0. The van der Waals surface area contributed by atoms with Crippen molar-refractivity contribution < 1.29 is 13.3 Å². The summed E-state index contributed by atoms with van der Waals surface area (Å²) in [5.74, 6) is -1.18. The van der Waals surface area contributed by atoms with Gasteiger partial charge in [-0.3, -0.25) is 4.68 Å². The van der Waals surface area contributed by atoms with Crippen molar-refractivity contribution in [2.24, 2.45) is 0 Å². The van der Waals surface area contributed by atoms with Crippen molar-refractivity contribution in [2.45, 2.75) is 32.7 Å². The van der Waals surface area contributed by atoms with Crippen molar-refractivity contribution in [3.63, 3.8) is 0 Å². The van der Waals surface area contributed by atoms with E-state index in [1.54, 1.807) is 10.9 Å². The maximum atomic E-state index is 14.1. The number of rotatable bonds is 4. The van der Waals surface area contributed by atoms with E-state index in [9.17, 15) is 8.78 Å². The second-order valence-electron chi connectivity index (χ2n) is 8.90. The third kappa shape index (κ3) is 4.11. The quantitative estimate of drug-likeness (QED) is 0.354. The predicted molar refractivity (Wildman–Crippen MR) is 120 cm³/mol. The van der Waals surface area contributed by atoms with Crippen molar-refractivity contribution in [1.29, 1.82) is 0 Å². The number of halogens is 2. The van der Waals surface area contributed by atoms with Crippen LogP contribution in [0.25, 0.3) is 34.0 Å². The molecule has 0 N–H and O–H groups in total. The van der Waals surface area contributed by atoms with E-state index in [1.807, 2.05) is 18.2 Å². The van der Waals surface area contributed by atoms with Crippen molar-refractivity contribution in [2.75, 3.05) is 0 Å². The molecular weight excluding hydrogens is 424 g/mol. The maximum absolute atomic E-state index is 14.1. The molecule has 2 aliphatic rings. The van der Waals surface area contributed by atoms with Gasteiger partial charge in [-0.15, -0.1) is 0 Å². The van der Waals surface area contributed by atoms with Crippen LogP contribution in [0.2, 0.25) is 0 Å². The molecule has 0 saturated carbocycles. The lowest BCUT2D eigenvalue weighted by atomic mass is 9.86. The molecule has 5 rings (SSSR count). The van der Waals surface area contributed by atoms with E-state index in [0.717, 1.165) is 17.3 Å². The van der Waals surface area contributed by atoms with E-state index >= 15 is 0 Å². The molecule has 166 valence electrons. The van der Waals surface area contributed by atoms with Crippen molar-refractivity contribution in [3.8, 4) is 34.0 Å². The molecule has 2 aliphatic heterocycles. The van der Waals surface area contributed by atoms with Crippen LogP contribution in [-0.4, -0.2) is 24.9 Å². The Balaban J connectivity index is 1.37. The Labute approximate surface area is 189 Å². The van der Waals surface area contributed by atoms with Crippen molar-refractivity contribution >= 4 is 0 Å². The highest BCUT2D eigenvalue weighted by Gasteiger charge is 2.19. The lowest BCUT2D eigenvalue weighted by Gasteiger charge is -2.18. The van der Waals surface area contributed by atoms with E-state index in [4.69, 9.17) is 4.52 Å². The summed E-state index contributed by atoms with van der Waals surface area (Å²) in [4.78, 5) is 8.61. The Morgan fingerprint density at radius 1 is 0.939 bits per heavy atom. The molecule has 33 heavy (non-hydrogen) atoms. The third-order valence-corrected chi connectivity index (χ3v) is 5.43. The largest absolute Gasteiger partial charge is 0.359 e. The monoisotopic (exact) mass is 445 g/mol. The predicted octanol–water partition coefficient (Wildman–Crippen LogP) is 5.72. The number of hydrogen-bond acceptors (Lipinski definition) is 5. The second kappa shape index (κ2) is 7.88. The lowest BCUT2D eigenvalue weighted by Crippen LogP contribution is -2.10. The van der Waals surface area contributed by atoms with Crippen LogP contribution in [0.5, 0.6) is 0 Å². The molecule has 3 aromatic rings. The lowest BCUT2D eigenvalue weighted by molar-refractivity contribution is 0.372. The van der Waals surface area contributed by atoms with Gasteiger partial charge in [0, 0.05) is 11.6 Å². The number of benzene rings is 2. The van der Waals surface area contributed by atoms with E-state index in [2.05, 4.69) is 53.1 Å². The average Bonchev–Trinajstić information content (AvgIpc) is 3.42. The maximum Gasteiger partial charge on any atom is 0.169 e. The smallest absolute Gasteiger partial charge is 0.169 e. The van der Waals surface area contributed by atoms with Crippen LogP contribution in [0.4, 0.5) is 8.78 Å². The Kier molecular flexibility index (Phi) is 5.00.